The predicted molar refractivity (Wildman–Crippen MR) is 79.7 cm³/mol. The van der Waals surface area contributed by atoms with Crippen LogP contribution >= 0.6 is 0 Å². The third kappa shape index (κ3) is 2.26. The van der Waals surface area contributed by atoms with E-state index < -0.39 is 0 Å². The Kier molecular flexibility index (Phi) is 3.32. The van der Waals surface area contributed by atoms with Crippen molar-refractivity contribution in [2.75, 3.05) is 6.61 Å². The number of unbranched alkanes of at least 4 members (excludes halogenated alkanes) is 1. The lowest BCUT2D eigenvalue weighted by Gasteiger charge is -2.12. The van der Waals surface area contributed by atoms with Gasteiger partial charge in [-0.15, -0.1) is 0 Å². The Balaban J connectivity index is 2.21. The van der Waals surface area contributed by atoms with Crippen LogP contribution in [0.5, 0.6) is 5.75 Å². The summed E-state index contributed by atoms with van der Waals surface area (Å²) in [6.07, 6.45) is 2.21. The van der Waals surface area contributed by atoms with E-state index in [1.165, 1.54) is 0 Å². The Bertz CT molecular complexity index is 652. The molecule has 0 aliphatic rings. The fourth-order valence-corrected chi connectivity index (χ4v) is 2.28. The average molecular weight is 251 g/mol. The fraction of sp³-hybridized carbons (Fsp3) is 0.235. The molecule has 2 nitrogen and oxygen atoms in total. The van der Waals surface area contributed by atoms with E-state index in [-0.39, 0.29) is 0 Å². The van der Waals surface area contributed by atoms with E-state index in [0.29, 0.717) is 0 Å². The van der Waals surface area contributed by atoms with Gasteiger partial charge in [0.1, 0.15) is 5.75 Å². The molecule has 0 atom stereocenters. The molecule has 3 aromatic rings. The van der Waals surface area contributed by atoms with Crippen LogP contribution < -0.4 is 4.74 Å². The molecule has 0 saturated carbocycles. The second-order valence-corrected chi connectivity index (χ2v) is 4.68. The first-order valence-electron chi connectivity index (χ1n) is 6.80. The largest absolute Gasteiger partial charge is 0.492 e. The summed E-state index contributed by atoms with van der Waals surface area (Å²) in [5, 5.41) is 2.19. The molecule has 1 aromatic heterocycles. The van der Waals surface area contributed by atoms with Crippen molar-refractivity contribution in [3.8, 4) is 5.75 Å². The summed E-state index contributed by atoms with van der Waals surface area (Å²) >= 11 is 0. The van der Waals surface area contributed by atoms with Crippen LogP contribution in [0, 0.1) is 0 Å². The lowest BCUT2D eigenvalue weighted by Crippen LogP contribution is -1.99. The number of ether oxygens (including phenoxy) is 1. The number of aromatic nitrogens is 1. The zero-order chi connectivity index (χ0) is 13.1. The van der Waals surface area contributed by atoms with Gasteiger partial charge in [-0.3, -0.25) is 0 Å². The van der Waals surface area contributed by atoms with E-state index in [9.17, 15) is 0 Å². The highest BCUT2D eigenvalue weighted by Crippen LogP contribution is 2.32. The monoisotopic (exact) mass is 251 g/mol. The van der Waals surface area contributed by atoms with Crippen molar-refractivity contribution >= 4 is 21.8 Å². The molecule has 0 fully saturated rings. The number of hydrogen-bond donors (Lipinski definition) is 0. The molecule has 2 aromatic carbocycles. The van der Waals surface area contributed by atoms with E-state index >= 15 is 0 Å². The Morgan fingerprint density at radius 3 is 2.05 bits per heavy atom. The third-order valence-electron chi connectivity index (χ3n) is 3.28. The summed E-state index contributed by atoms with van der Waals surface area (Å²) in [5.74, 6) is 0.967. The Hall–Kier alpha value is -2.09. The Morgan fingerprint density at radius 2 is 1.47 bits per heavy atom. The van der Waals surface area contributed by atoms with Crippen LogP contribution in [0.1, 0.15) is 19.8 Å². The van der Waals surface area contributed by atoms with Gasteiger partial charge in [-0.25, -0.2) is 4.98 Å². The number of fused-ring (bicyclic) bond motifs is 2. The summed E-state index contributed by atoms with van der Waals surface area (Å²) < 4.78 is 6.03. The van der Waals surface area contributed by atoms with Crippen LogP contribution in [0.4, 0.5) is 0 Å². The SMILES string of the molecule is CCCCOc1c2ccccc2nc2ccccc12. The Morgan fingerprint density at radius 1 is 0.895 bits per heavy atom. The molecule has 0 bridgehead atoms. The molecule has 1 heterocycles. The van der Waals surface area contributed by atoms with Crippen molar-refractivity contribution in [1.29, 1.82) is 0 Å². The molecule has 0 amide bonds. The number of rotatable bonds is 4. The van der Waals surface area contributed by atoms with Gasteiger partial charge in [0.25, 0.3) is 0 Å². The van der Waals surface area contributed by atoms with Crippen molar-refractivity contribution in [2.45, 2.75) is 19.8 Å². The summed E-state index contributed by atoms with van der Waals surface area (Å²) in [4.78, 5) is 4.69. The maximum absolute atomic E-state index is 6.03. The molecule has 3 rings (SSSR count). The first-order chi connectivity index (χ1) is 9.40. The maximum Gasteiger partial charge on any atom is 0.138 e. The van der Waals surface area contributed by atoms with Gasteiger partial charge < -0.3 is 4.74 Å². The highest BCUT2D eigenvalue weighted by atomic mass is 16.5. The zero-order valence-electron chi connectivity index (χ0n) is 11.1. The van der Waals surface area contributed by atoms with Crippen LogP contribution in [-0.2, 0) is 0 Å². The summed E-state index contributed by atoms with van der Waals surface area (Å²) in [6.45, 7) is 2.93. The standard InChI is InChI=1S/C17H17NO/c1-2-3-12-19-17-13-8-4-6-10-15(13)18-16-11-7-5-9-14(16)17/h4-11H,2-3,12H2,1H3. The average Bonchev–Trinajstić information content (AvgIpc) is 2.46. The molecule has 19 heavy (non-hydrogen) atoms. The molecular weight excluding hydrogens is 234 g/mol. The van der Waals surface area contributed by atoms with Crippen LogP contribution in [0.15, 0.2) is 48.5 Å². The van der Waals surface area contributed by atoms with Crippen molar-refractivity contribution in [3.05, 3.63) is 48.5 Å². The second-order valence-electron chi connectivity index (χ2n) is 4.68. The van der Waals surface area contributed by atoms with Gasteiger partial charge in [0, 0.05) is 10.8 Å². The lowest BCUT2D eigenvalue weighted by molar-refractivity contribution is 0.316. The molecule has 0 radical (unpaired) electrons. The number of benzene rings is 2. The van der Waals surface area contributed by atoms with Crippen molar-refractivity contribution in [1.82, 2.24) is 4.98 Å². The molecule has 0 aliphatic carbocycles. The molecule has 0 saturated heterocycles. The topological polar surface area (TPSA) is 22.1 Å². The fourth-order valence-electron chi connectivity index (χ4n) is 2.28. The van der Waals surface area contributed by atoms with Crippen LogP contribution in [0.3, 0.4) is 0 Å². The molecule has 2 heteroatoms. The van der Waals surface area contributed by atoms with E-state index in [2.05, 4.69) is 24.0 Å². The molecule has 0 N–H and O–H groups in total. The summed E-state index contributed by atoms with van der Waals surface area (Å²) in [7, 11) is 0. The highest BCUT2D eigenvalue weighted by molar-refractivity contribution is 6.00. The number of nitrogens with zero attached hydrogens (tertiary/aromatic N) is 1. The lowest BCUT2D eigenvalue weighted by atomic mass is 10.1. The van der Waals surface area contributed by atoms with Gasteiger partial charge in [-0.1, -0.05) is 37.6 Å². The first kappa shape index (κ1) is 12.0. The predicted octanol–water partition coefficient (Wildman–Crippen LogP) is 4.57. The van der Waals surface area contributed by atoms with Gasteiger partial charge in [0.05, 0.1) is 17.6 Å². The van der Waals surface area contributed by atoms with E-state index in [4.69, 9.17) is 4.74 Å². The molecular formula is C17H17NO. The highest BCUT2D eigenvalue weighted by Gasteiger charge is 2.09. The minimum absolute atomic E-state index is 0.758. The van der Waals surface area contributed by atoms with Crippen molar-refractivity contribution < 1.29 is 4.74 Å². The minimum atomic E-state index is 0.758. The van der Waals surface area contributed by atoms with Gasteiger partial charge >= 0.3 is 0 Å². The van der Waals surface area contributed by atoms with E-state index in [1.807, 2.05) is 36.4 Å². The molecule has 96 valence electrons. The summed E-state index contributed by atoms with van der Waals surface area (Å²) in [6, 6.07) is 16.3. The normalized spacial score (nSPS) is 11.0. The maximum atomic E-state index is 6.03. The van der Waals surface area contributed by atoms with Crippen molar-refractivity contribution in [2.24, 2.45) is 0 Å². The molecule has 0 unspecified atom stereocenters. The van der Waals surface area contributed by atoms with Crippen LogP contribution in [0.25, 0.3) is 21.8 Å². The number of pyridine rings is 1. The van der Waals surface area contributed by atoms with E-state index in [1.54, 1.807) is 0 Å². The minimum Gasteiger partial charge on any atom is -0.492 e. The van der Waals surface area contributed by atoms with Gasteiger partial charge in [0.2, 0.25) is 0 Å². The Labute approximate surface area is 113 Å². The molecule has 0 aliphatic heterocycles. The smallest absolute Gasteiger partial charge is 0.138 e. The van der Waals surface area contributed by atoms with Crippen molar-refractivity contribution in [3.63, 3.8) is 0 Å². The zero-order valence-corrected chi connectivity index (χ0v) is 11.1. The van der Waals surface area contributed by atoms with E-state index in [0.717, 1.165) is 47.0 Å². The number of para-hydroxylation sites is 2. The number of hydrogen-bond acceptors (Lipinski definition) is 2. The van der Waals surface area contributed by atoms with Gasteiger partial charge in [-0.2, -0.15) is 0 Å². The van der Waals surface area contributed by atoms with Gasteiger partial charge in [-0.05, 0) is 30.7 Å². The van der Waals surface area contributed by atoms with Crippen LogP contribution in [-0.4, -0.2) is 11.6 Å². The molecule has 0 spiro atoms. The second kappa shape index (κ2) is 5.27. The van der Waals surface area contributed by atoms with Crippen LogP contribution in [0.2, 0.25) is 0 Å². The van der Waals surface area contributed by atoms with Gasteiger partial charge in [0.15, 0.2) is 0 Å². The third-order valence-corrected chi connectivity index (χ3v) is 3.28. The quantitative estimate of drug-likeness (QED) is 0.500. The summed E-state index contributed by atoms with van der Waals surface area (Å²) in [5.41, 5.74) is 1.99. The first-order valence-corrected chi connectivity index (χ1v) is 6.80.